The van der Waals surface area contributed by atoms with E-state index in [1.165, 1.54) is 44.6 Å². The van der Waals surface area contributed by atoms with E-state index in [4.69, 9.17) is 0 Å². The van der Waals surface area contributed by atoms with Gasteiger partial charge in [-0.15, -0.1) is 0 Å². The maximum Gasteiger partial charge on any atom is 0.416 e. The van der Waals surface area contributed by atoms with Crippen molar-refractivity contribution < 1.29 is 32.2 Å². The minimum absolute atomic E-state index is 0.0557. The highest BCUT2D eigenvalue weighted by Gasteiger charge is 2.30. The maximum atomic E-state index is 12.7. The lowest BCUT2D eigenvalue weighted by atomic mass is 9.93. The average molecular weight is 338 g/mol. The second kappa shape index (κ2) is 6.74. The molecule has 0 saturated carbocycles. The van der Waals surface area contributed by atoms with Crippen molar-refractivity contribution in [2.75, 3.05) is 14.2 Å². The number of ether oxygens (including phenoxy) is 2. The molecule has 0 aromatic heterocycles. The molecule has 0 atom stereocenters. The van der Waals surface area contributed by atoms with Gasteiger partial charge in [-0.25, -0.2) is 9.59 Å². The Morgan fingerprint density at radius 1 is 0.833 bits per heavy atom. The van der Waals surface area contributed by atoms with E-state index < -0.39 is 23.7 Å². The molecule has 0 aliphatic rings. The van der Waals surface area contributed by atoms with Crippen LogP contribution in [0.15, 0.2) is 42.5 Å². The van der Waals surface area contributed by atoms with Crippen LogP contribution < -0.4 is 0 Å². The first-order valence-electron chi connectivity index (χ1n) is 6.77. The summed E-state index contributed by atoms with van der Waals surface area (Å²) in [4.78, 5) is 23.9. The summed E-state index contributed by atoms with van der Waals surface area (Å²) in [5.41, 5.74) is -0.295. The number of alkyl halides is 3. The number of methoxy groups -OCH3 is 2. The number of benzene rings is 2. The average Bonchev–Trinajstić information content (AvgIpc) is 2.59. The number of hydrogen-bond donors (Lipinski definition) is 0. The van der Waals surface area contributed by atoms with E-state index in [0.29, 0.717) is 0 Å². The van der Waals surface area contributed by atoms with E-state index in [1.807, 2.05) is 0 Å². The van der Waals surface area contributed by atoms with Crippen LogP contribution in [-0.2, 0) is 15.7 Å². The monoisotopic (exact) mass is 338 g/mol. The second-order valence-corrected chi connectivity index (χ2v) is 4.79. The molecule has 24 heavy (non-hydrogen) atoms. The Hall–Kier alpha value is -2.83. The Morgan fingerprint density at radius 3 is 1.67 bits per heavy atom. The summed E-state index contributed by atoms with van der Waals surface area (Å²) in [6, 6.07) is 8.45. The first kappa shape index (κ1) is 17.5. The summed E-state index contributed by atoms with van der Waals surface area (Å²) in [5, 5.41) is 0. The minimum atomic E-state index is -4.48. The Labute approximate surface area is 135 Å². The zero-order chi connectivity index (χ0) is 17.9. The molecule has 2 aromatic carbocycles. The molecule has 2 aromatic rings. The van der Waals surface area contributed by atoms with Crippen molar-refractivity contribution in [2.45, 2.75) is 6.18 Å². The maximum absolute atomic E-state index is 12.7. The SMILES string of the molecule is COC(=O)c1cccc(C(=O)OC)c1-c1ccc(C(F)(F)F)cc1. The molecular formula is C17H13F3O4. The van der Waals surface area contributed by atoms with Gasteiger partial charge in [0.05, 0.1) is 30.9 Å². The van der Waals surface area contributed by atoms with Crippen molar-refractivity contribution in [3.8, 4) is 11.1 Å². The summed E-state index contributed by atoms with van der Waals surface area (Å²) >= 11 is 0. The normalized spacial score (nSPS) is 11.0. The molecule has 0 radical (unpaired) electrons. The lowest BCUT2D eigenvalue weighted by Crippen LogP contribution is -2.10. The minimum Gasteiger partial charge on any atom is -0.465 e. The van der Waals surface area contributed by atoms with Crippen molar-refractivity contribution in [1.82, 2.24) is 0 Å². The number of halogens is 3. The first-order chi connectivity index (χ1) is 11.3. The molecule has 0 amide bonds. The number of carbonyl (C=O) groups excluding carboxylic acids is 2. The van der Waals surface area contributed by atoms with Crippen LogP contribution in [-0.4, -0.2) is 26.2 Å². The van der Waals surface area contributed by atoms with Gasteiger partial charge in [0.25, 0.3) is 0 Å². The van der Waals surface area contributed by atoms with Gasteiger partial charge in [-0.1, -0.05) is 18.2 Å². The summed E-state index contributed by atoms with van der Waals surface area (Å²) in [7, 11) is 2.34. The Kier molecular flexibility index (Phi) is 4.92. The van der Waals surface area contributed by atoms with E-state index in [9.17, 15) is 22.8 Å². The van der Waals surface area contributed by atoms with Gasteiger partial charge in [0.15, 0.2) is 0 Å². The van der Waals surface area contributed by atoms with Gasteiger partial charge in [-0.2, -0.15) is 13.2 Å². The number of carbonyl (C=O) groups is 2. The van der Waals surface area contributed by atoms with Crippen LogP contribution in [0.2, 0.25) is 0 Å². The number of esters is 2. The van der Waals surface area contributed by atoms with Crippen LogP contribution in [0.25, 0.3) is 11.1 Å². The van der Waals surface area contributed by atoms with E-state index in [1.54, 1.807) is 0 Å². The molecule has 0 spiro atoms. The van der Waals surface area contributed by atoms with Crippen LogP contribution in [0.4, 0.5) is 13.2 Å². The molecule has 0 heterocycles. The van der Waals surface area contributed by atoms with Crippen LogP contribution in [0.5, 0.6) is 0 Å². The van der Waals surface area contributed by atoms with Gasteiger partial charge in [0, 0.05) is 5.56 Å². The fourth-order valence-electron chi connectivity index (χ4n) is 2.25. The van der Waals surface area contributed by atoms with Crippen LogP contribution >= 0.6 is 0 Å². The van der Waals surface area contributed by atoms with Crippen LogP contribution in [0, 0.1) is 0 Å². The van der Waals surface area contributed by atoms with Crippen molar-refractivity contribution in [2.24, 2.45) is 0 Å². The molecule has 0 unspecified atom stereocenters. The van der Waals surface area contributed by atoms with Gasteiger partial charge >= 0.3 is 18.1 Å². The Balaban J connectivity index is 2.66. The molecular weight excluding hydrogens is 325 g/mol. The Bertz CT molecular complexity index is 730. The molecule has 0 aliphatic carbocycles. The number of rotatable bonds is 3. The van der Waals surface area contributed by atoms with Crippen molar-refractivity contribution >= 4 is 11.9 Å². The zero-order valence-corrected chi connectivity index (χ0v) is 12.8. The van der Waals surface area contributed by atoms with E-state index in [-0.39, 0.29) is 22.3 Å². The molecule has 0 fully saturated rings. The third-order valence-electron chi connectivity index (χ3n) is 3.38. The Morgan fingerprint density at radius 2 is 1.29 bits per heavy atom. The summed E-state index contributed by atoms with van der Waals surface area (Å²) in [6.07, 6.45) is -4.48. The molecule has 0 aliphatic heterocycles. The van der Waals surface area contributed by atoms with Crippen LogP contribution in [0.1, 0.15) is 26.3 Å². The van der Waals surface area contributed by atoms with Gasteiger partial charge in [-0.3, -0.25) is 0 Å². The third kappa shape index (κ3) is 3.40. The predicted octanol–water partition coefficient (Wildman–Crippen LogP) is 3.95. The highest BCUT2D eigenvalue weighted by molar-refractivity contribution is 6.05. The molecule has 0 bridgehead atoms. The first-order valence-corrected chi connectivity index (χ1v) is 6.77. The smallest absolute Gasteiger partial charge is 0.416 e. The van der Waals surface area contributed by atoms with Gasteiger partial charge in [0.1, 0.15) is 0 Å². The third-order valence-corrected chi connectivity index (χ3v) is 3.38. The molecule has 0 saturated heterocycles. The molecule has 126 valence electrons. The summed E-state index contributed by atoms with van der Waals surface area (Å²) in [6.45, 7) is 0. The van der Waals surface area contributed by atoms with E-state index in [0.717, 1.165) is 12.1 Å². The second-order valence-electron chi connectivity index (χ2n) is 4.79. The molecule has 0 N–H and O–H groups in total. The molecule has 2 rings (SSSR count). The zero-order valence-electron chi connectivity index (χ0n) is 12.8. The predicted molar refractivity (Wildman–Crippen MR) is 79.6 cm³/mol. The number of hydrogen-bond acceptors (Lipinski definition) is 4. The standard InChI is InChI=1S/C17H13F3O4/c1-23-15(21)12-4-3-5-13(16(22)24-2)14(12)10-6-8-11(9-7-10)17(18,19)20/h3-9H,1-2H3. The van der Waals surface area contributed by atoms with Crippen molar-refractivity contribution in [3.05, 3.63) is 59.2 Å². The van der Waals surface area contributed by atoms with Gasteiger partial charge in [0.2, 0.25) is 0 Å². The van der Waals surface area contributed by atoms with E-state index in [2.05, 4.69) is 9.47 Å². The fourth-order valence-corrected chi connectivity index (χ4v) is 2.25. The van der Waals surface area contributed by atoms with Crippen molar-refractivity contribution in [1.29, 1.82) is 0 Å². The van der Waals surface area contributed by atoms with Gasteiger partial charge < -0.3 is 9.47 Å². The molecule has 7 heteroatoms. The van der Waals surface area contributed by atoms with Crippen molar-refractivity contribution in [3.63, 3.8) is 0 Å². The van der Waals surface area contributed by atoms with E-state index >= 15 is 0 Å². The lowest BCUT2D eigenvalue weighted by molar-refractivity contribution is -0.137. The quantitative estimate of drug-likeness (QED) is 0.796. The highest BCUT2D eigenvalue weighted by Crippen LogP contribution is 2.33. The summed E-state index contributed by atoms with van der Waals surface area (Å²) in [5.74, 6) is -1.42. The fraction of sp³-hybridized carbons (Fsp3) is 0.176. The molecule has 4 nitrogen and oxygen atoms in total. The largest absolute Gasteiger partial charge is 0.465 e. The van der Waals surface area contributed by atoms with Gasteiger partial charge in [-0.05, 0) is 29.8 Å². The topological polar surface area (TPSA) is 52.6 Å². The summed E-state index contributed by atoms with van der Waals surface area (Å²) < 4.78 is 47.4. The lowest BCUT2D eigenvalue weighted by Gasteiger charge is -2.14. The van der Waals surface area contributed by atoms with Crippen LogP contribution in [0.3, 0.4) is 0 Å². The highest BCUT2D eigenvalue weighted by atomic mass is 19.4.